The van der Waals surface area contributed by atoms with E-state index in [9.17, 15) is 4.79 Å². The fraction of sp³-hybridized carbons (Fsp3) is 0.429. The van der Waals surface area contributed by atoms with E-state index in [1.165, 1.54) is 5.57 Å². The third-order valence-electron chi connectivity index (χ3n) is 4.41. The van der Waals surface area contributed by atoms with Crippen LogP contribution < -0.4 is 5.56 Å². The molecule has 1 aliphatic rings. The summed E-state index contributed by atoms with van der Waals surface area (Å²) in [5.74, 6) is 0.780. The monoisotopic (exact) mass is 324 g/mol. The Labute approximate surface area is 145 Å². The Hall–Kier alpha value is -2.16. The minimum absolute atomic E-state index is 0.0877. The molecule has 24 heavy (non-hydrogen) atoms. The Balaban J connectivity index is 2.58. The molecule has 2 rings (SSSR count). The van der Waals surface area contributed by atoms with Crippen LogP contribution >= 0.6 is 0 Å². The van der Waals surface area contributed by atoms with Crippen LogP contribution in [0.25, 0.3) is 5.70 Å². The molecule has 1 aliphatic carbocycles. The average molecular weight is 324 g/mol. The number of aromatic nitrogens is 2. The molecule has 128 valence electrons. The van der Waals surface area contributed by atoms with Crippen LogP contribution in [0, 0.1) is 6.92 Å². The highest BCUT2D eigenvalue weighted by Gasteiger charge is 2.16. The lowest BCUT2D eigenvalue weighted by Crippen LogP contribution is -2.29. The van der Waals surface area contributed by atoms with Crippen LogP contribution in [0.1, 0.15) is 57.1 Å². The number of rotatable bonds is 6. The number of aryl methyl sites for hydroxylation is 2. The Morgan fingerprint density at radius 1 is 1.33 bits per heavy atom. The molecule has 3 nitrogen and oxygen atoms in total. The molecule has 0 amide bonds. The Bertz CT molecular complexity index is 761. The quantitative estimate of drug-likeness (QED) is 0.707. The molecular formula is C21H28N2O. The maximum Gasteiger partial charge on any atom is 0.261 e. The lowest BCUT2D eigenvalue weighted by molar-refractivity contribution is 0.733. The molecule has 0 aromatic carbocycles. The summed E-state index contributed by atoms with van der Waals surface area (Å²) >= 11 is 0. The Kier molecular flexibility index (Phi) is 6.53. The van der Waals surface area contributed by atoms with E-state index in [-0.39, 0.29) is 5.56 Å². The zero-order chi connectivity index (χ0) is 17.5. The van der Waals surface area contributed by atoms with Crippen LogP contribution in [0.4, 0.5) is 0 Å². The van der Waals surface area contributed by atoms with Crippen LogP contribution in [0.15, 0.2) is 46.8 Å². The fourth-order valence-corrected chi connectivity index (χ4v) is 2.90. The van der Waals surface area contributed by atoms with Gasteiger partial charge in [0.25, 0.3) is 5.56 Å². The van der Waals surface area contributed by atoms with E-state index in [2.05, 4.69) is 26.0 Å². The predicted octanol–water partition coefficient (Wildman–Crippen LogP) is 4.76. The molecule has 0 spiro atoms. The Morgan fingerprint density at radius 3 is 2.83 bits per heavy atom. The first-order valence-electron chi connectivity index (χ1n) is 8.84. The summed E-state index contributed by atoms with van der Waals surface area (Å²) in [5, 5.41) is 0. The molecular weight excluding hydrogens is 296 g/mol. The predicted molar refractivity (Wildman–Crippen MR) is 102 cm³/mol. The number of allylic oxidation sites excluding steroid dienone is 8. The van der Waals surface area contributed by atoms with Gasteiger partial charge in [0, 0.05) is 24.1 Å². The van der Waals surface area contributed by atoms with Gasteiger partial charge in [-0.25, -0.2) is 4.98 Å². The van der Waals surface area contributed by atoms with Crippen molar-refractivity contribution in [3.8, 4) is 0 Å². The van der Waals surface area contributed by atoms with Gasteiger partial charge in [0.15, 0.2) is 0 Å². The number of nitrogens with zero attached hydrogens (tertiary/aromatic N) is 2. The van der Waals surface area contributed by atoms with Crippen molar-refractivity contribution in [1.29, 1.82) is 0 Å². The zero-order valence-corrected chi connectivity index (χ0v) is 15.3. The lowest BCUT2D eigenvalue weighted by Gasteiger charge is -2.17. The number of hydrogen-bond acceptors (Lipinski definition) is 2. The molecule has 0 unspecified atom stereocenters. The summed E-state index contributed by atoms with van der Waals surface area (Å²) in [7, 11) is 0. The molecule has 0 bridgehead atoms. The van der Waals surface area contributed by atoms with Gasteiger partial charge in [-0.1, -0.05) is 49.3 Å². The van der Waals surface area contributed by atoms with Crippen LogP contribution in [-0.4, -0.2) is 9.55 Å². The van der Waals surface area contributed by atoms with Crippen molar-refractivity contribution in [1.82, 2.24) is 9.55 Å². The summed E-state index contributed by atoms with van der Waals surface area (Å²) in [4.78, 5) is 18.1. The second kappa shape index (κ2) is 8.62. The molecule has 0 saturated heterocycles. The van der Waals surface area contributed by atoms with Gasteiger partial charge in [0.05, 0.1) is 5.69 Å². The first-order valence-corrected chi connectivity index (χ1v) is 8.84. The summed E-state index contributed by atoms with van der Waals surface area (Å²) in [6, 6.07) is 0. The minimum atomic E-state index is 0.0877. The van der Waals surface area contributed by atoms with Gasteiger partial charge in [-0.2, -0.15) is 0 Å². The molecule has 0 saturated carbocycles. The molecule has 0 radical (unpaired) electrons. The van der Waals surface area contributed by atoms with Crippen molar-refractivity contribution in [2.75, 3.05) is 0 Å². The molecule has 0 atom stereocenters. The van der Waals surface area contributed by atoms with Gasteiger partial charge in [-0.05, 0) is 39.7 Å². The van der Waals surface area contributed by atoms with Gasteiger partial charge in [-0.15, -0.1) is 0 Å². The van der Waals surface area contributed by atoms with Crippen molar-refractivity contribution < 1.29 is 0 Å². The van der Waals surface area contributed by atoms with E-state index in [1.54, 1.807) is 4.57 Å². The standard InChI is InChI=1S/C21H28N2O/c1-5-7-14-20-19(15-16(3)6-2)21(24)23(17(4)22-20)18-12-10-8-9-11-13-18/h6,8-12H,5,7,13-15H2,1-4H3/b16-6+. The van der Waals surface area contributed by atoms with E-state index in [0.29, 0.717) is 6.42 Å². The largest absolute Gasteiger partial charge is 0.269 e. The van der Waals surface area contributed by atoms with Crippen LogP contribution in [0.5, 0.6) is 0 Å². The second-order valence-corrected chi connectivity index (χ2v) is 6.32. The minimum Gasteiger partial charge on any atom is -0.269 e. The topological polar surface area (TPSA) is 34.9 Å². The van der Waals surface area contributed by atoms with E-state index in [1.807, 2.05) is 38.2 Å². The highest BCUT2D eigenvalue weighted by molar-refractivity contribution is 5.53. The molecule has 1 aromatic rings. The number of unbranched alkanes of at least 4 members (excludes halogenated alkanes) is 1. The summed E-state index contributed by atoms with van der Waals surface area (Å²) in [5.41, 5.74) is 4.10. The van der Waals surface area contributed by atoms with Gasteiger partial charge >= 0.3 is 0 Å². The van der Waals surface area contributed by atoms with Crippen molar-refractivity contribution in [3.05, 3.63) is 69.5 Å². The molecule has 3 heteroatoms. The molecule has 1 aromatic heterocycles. The van der Waals surface area contributed by atoms with E-state index < -0.39 is 0 Å². The first kappa shape index (κ1) is 18.2. The fourth-order valence-electron chi connectivity index (χ4n) is 2.90. The van der Waals surface area contributed by atoms with Gasteiger partial charge < -0.3 is 0 Å². The van der Waals surface area contributed by atoms with Crippen LogP contribution in [-0.2, 0) is 12.8 Å². The van der Waals surface area contributed by atoms with Crippen molar-refractivity contribution in [2.45, 2.75) is 59.8 Å². The molecule has 0 aliphatic heterocycles. The maximum atomic E-state index is 13.2. The van der Waals surface area contributed by atoms with Crippen LogP contribution in [0.3, 0.4) is 0 Å². The Morgan fingerprint density at radius 2 is 2.12 bits per heavy atom. The van der Waals surface area contributed by atoms with Crippen molar-refractivity contribution in [3.63, 3.8) is 0 Å². The zero-order valence-electron chi connectivity index (χ0n) is 15.3. The summed E-state index contributed by atoms with van der Waals surface area (Å²) < 4.78 is 1.79. The smallest absolute Gasteiger partial charge is 0.261 e. The average Bonchev–Trinajstić information content (AvgIpc) is 2.84. The molecule has 0 N–H and O–H groups in total. The normalized spacial score (nSPS) is 14.7. The van der Waals surface area contributed by atoms with Crippen LogP contribution in [0.2, 0.25) is 0 Å². The third kappa shape index (κ3) is 4.22. The van der Waals surface area contributed by atoms with Crippen molar-refractivity contribution in [2.24, 2.45) is 0 Å². The number of hydrogen-bond donors (Lipinski definition) is 0. The summed E-state index contributed by atoms with van der Waals surface area (Å²) in [6.07, 6.45) is 16.6. The SMILES string of the molecule is C/C=C(\C)Cc1c(CCCC)nc(C)n(C2=CC=CC=CC2)c1=O. The van der Waals surface area contributed by atoms with E-state index in [0.717, 1.165) is 48.5 Å². The van der Waals surface area contributed by atoms with Gasteiger partial charge in [-0.3, -0.25) is 9.36 Å². The molecule has 0 fully saturated rings. The van der Waals surface area contributed by atoms with Crippen molar-refractivity contribution >= 4 is 5.70 Å². The highest BCUT2D eigenvalue weighted by atomic mass is 16.1. The molecule has 1 heterocycles. The summed E-state index contributed by atoms with van der Waals surface area (Å²) in [6.45, 7) is 8.19. The van der Waals surface area contributed by atoms with E-state index >= 15 is 0 Å². The lowest BCUT2D eigenvalue weighted by atomic mass is 10.0. The second-order valence-electron chi connectivity index (χ2n) is 6.32. The first-order chi connectivity index (χ1) is 11.6. The van der Waals surface area contributed by atoms with Gasteiger partial charge in [0.2, 0.25) is 0 Å². The third-order valence-corrected chi connectivity index (χ3v) is 4.41. The van der Waals surface area contributed by atoms with E-state index in [4.69, 9.17) is 4.98 Å². The maximum absolute atomic E-state index is 13.2. The highest BCUT2D eigenvalue weighted by Crippen LogP contribution is 2.17. The van der Waals surface area contributed by atoms with Gasteiger partial charge in [0.1, 0.15) is 5.82 Å².